The molecule has 4 nitrogen and oxygen atoms in total. The van der Waals surface area contributed by atoms with Crippen LogP contribution in [-0.4, -0.2) is 30.3 Å². The summed E-state index contributed by atoms with van der Waals surface area (Å²) in [6.45, 7) is 2.56. The van der Waals surface area contributed by atoms with Crippen molar-refractivity contribution in [3.05, 3.63) is 71.3 Å². The summed E-state index contributed by atoms with van der Waals surface area (Å²) < 4.78 is 0. The molecule has 2 rings (SSSR count). The Balaban J connectivity index is 1.76. The highest BCUT2D eigenvalue weighted by Gasteiger charge is 2.11. The lowest BCUT2D eigenvalue weighted by Crippen LogP contribution is -2.38. The number of hydrogen-bond donors (Lipinski definition) is 1. The quantitative estimate of drug-likeness (QED) is 0.890. The number of carbonyl (C=O) groups is 2. The first-order valence-corrected chi connectivity index (χ1v) is 7.65. The van der Waals surface area contributed by atoms with E-state index in [0.717, 1.165) is 16.7 Å². The summed E-state index contributed by atoms with van der Waals surface area (Å²) in [6.07, 6.45) is 0.288. The first kappa shape index (κ1) is 16.7. The third-order valence-corrected chi connectivity index (χ3v) is 3.61. The molecule has 2 aromatic carbocycles. The number of nitrogens with zero attached hydrogens (tertiary/aromatic N) is 1. The summed E-state index contributed by atoms with van der Waals surface area (Å²) in [5.41, 5.74) is 3.17. The normalized spacial score (nSPS) is 10.2. The molecule has 4 heteroatoms. The van der Waals surface area contributed by atoms with Crippen LogP contribution in [-0.2, 0) is 22.6 Å². The van der Waals surface area contributed by atoms with Gasteiger partial charge < -0.3 is 10.2 Å². The van der Waals surface area contributed by atoms with E-state index < -0.39 is 0 Å². The van der Waals surface area contributed by atoms with Gasteiger partial charge in [0.2, 0.25) is 11.8 Å². The van der Waals surface area contributed by atoms with Gasteiger partial charge in [-0.3, -0.25) is 9.59 Å². The van der Waals surface area contributed by atoms with E-state index in [1.807, 2.05) is 61.5 Å². The Hall–Kier alpha value is -2.62. The Labute approximate surface area is 137 Å². The number of aryl methyl sites for hydroxylation is 1. The molecule has 0 spiro atoms. The third-order valence-electron chi connectivity index (χ3n) is 3.61. The predicted octanol–water partition coefficient (Wildman–Crippen LogP) is 2.31. The van der Waals surface area contributed by atoms with Crippen LogP contribution in [0.15, 0.2) is 54.6 Å². The summed E-state index contributed by atoms with van der Waals surface area (Å²) in [5, 5.41) is 2.68. The number of carbonyl (C=O) groups excluding carboxylic acids is 2. The van der Waals surface area contributed by atoms with Gasteiger partial charge in [0.15, 0.2) is 0 Å². The maximum Gasteiger partial charge on any atom is 0.242 e. The fourth-order valence-electron chi connectivity index (χ4n) is 2.21. The van der Waals surface area contributed by atoms with Gasteiger partial charge in [0, 0.05) is 13.6 Å². The molecule has 0 bridgehead atoms. The average molecular weight is 310 g/mol. The van der Waals surface area contributed by atoms with Gasteiger partial charge in [-0.15, -0.1) is 0 Å². The average Bonchev–Trinajstić information content (AvgIpc) is 2.55. The van der Waals surface area contributed by atoms with Crippen molar-refractivity contribution in [2.24, 2.45) is 0 Å². The number of hydrogen-bond acceptors (Lipinski definition) is 2. The maximum atomic E-state index is 12.1. The van der Waals surface area contributed by atoms with Crippen LogP contribution >= 0.6 is 0 Å². The second-order valence-electron chi connectivity index (χ2n) is 5.67. The zero-order chi connectivity index (χ0) is 16.7. The number of amides is 2. The van der Waals surface area contributed by atoms with Gasteiger partial charge in [-0.05, 0) is 18.1 Å². The van der Waals surface area contributed by atoms with Crippen LogP contribution in [0.5, 0.6) is 0 Å². The van der Waals surface area contributed by atoms with Gasteiger partial charge >= 0.3 is 0 Å². The monoisotopic (exact) mass is 310 g/mol. The van der Waals surface area contributed by atoms with Crippen molar-refractivity contribution in [3.8, 4) is 0 Å². The molecule has 0 saturated heterocycles. The van der Waals surface area contributed by atoms with E-state index in [9.17, 15) is 9.59 Å². The number of nitrogens with one attached hydrogen (secondary N) is 1. The third kappa shape index (κ3) is 5.58. The molecule has 120 valence electrons. The highest BCUT2D eigenvalue weighted by molar-refractivity contribution is 5.85. The highest BCUT2D eigenvalue weighted by Crippen LogP contribution is 2.04. The van der Waals surface area contributed by atoms with E-state index in [4.69, 9.17) is 0 Å². The van der Waals surface area contributed by atoms with Crippen LogP contribution in [0, 0.1) is 6.92 Å². The Morgan fingerprint density at radius 3 is 2.26 bits per heavy atom. The summed E-state index contributed by atoms with van der Waals surface area (Å²) >= 11 is 0. The SMILES string of the molecule is Cc1ccc(CC(=O)NCC(=O)N(C)Cc2ccccc2)cc1. The lowest BCUT2D eigenvalue weighted by Gasteiger charge is -2.17. The molecule has 0 fully saturated rings. The lowest BCUT2D eigenvalue weighted by atomic mass is 10.1. The smallest absolute Gasteiger partial charge is 0.242 e. The van der Waals surface area contributed by atoms with Crippen molar-refractivity contribution >= 4 is 11.8 Å². The van der Waals surface area contributed by atoms with Gasteiger partial charge in [0.25, 0.3) is 0 Å². The second-order valence-corrected chi connectivity index (χ2v) is 5.67. The van der Waals surface area contributed by atoms with Crippen LogP contribution in [0.2, 0.25) is 0 Å². The van der Waals surface area contributed by atoms with E-state index in [1.54, 1.807) is 11.9 Å². The first-order valence-electron chi connectivity index (χ1n) is 7.65. The largest absolute Gasteiger partial charge is 0.347 e. The van der Waals surface area contributed by atoms with Crippen LogP contribution in [0.25, 0.3) is 0 Å². The fraction of sp³-hybridized carbons (Fsp3) is 0.263. The van der Waals surface area contributed by atoms with E-state index in [1.165, 1.54) is 0 Å². The Morgan fingerprint density at radius 1 is 0.957 bits per heavy atom. The first-order chi connectivity index (χ1) is 11.0. The molecule has 0 aliphatic carbocycles. The topological polar surface area (TPSA) is 49.4 Å². The van der Waals surface area contributed by atoms with E-state index >= 15 is 0 Å². The van der Waals surface area contributed by atoms with E-state index in [0.29, 0.717) is 6.54 Å². The number of rotatable bonds is 6. The van der Waals surface area contributed by atoms with Gasteiger partial charge in [0.05, 0.1) is 13.0 Å². The van der Waals surface area contributed by atoms with Gasteiger partial charge in [-0.1, -0.05) is 60.2 Å². The maximum absolute atomic E-state index is 12.1. The summed E-state index contributed by atoms with van der Waals surface area (Å²) in [6, 6.07) is 17.6. The highest BCUT2D eigenvalue weighted by atomic mass is 16.2. The molecule has 0 heterocycles. The molecule has 2 amide bonds. The van der Waals surface area contributed by atoms with Crippen molar-refractivity contribution in [1.82, 2.24) is 10.2 Å². The van der Waals surface area contributed by atoms with Crippen LogP contribution < -0.4 is 5.32 Å². The van der Waals surface area contributed by atoms with Crippen LogP contribution in [0.4, 0.5) is 0 Å². The zero-order valence-corrected chi connectivity index (χ0v) is 13.6. The number of benzene rings is 2. The molecule has 0 aliphatic rings. The Morgan fingerprint density at radius 2 is 1.61 bits per heavy atom. The molecular weight excluding hydrogens is 288 g/mol. The number of likely N-dealkylation sites (N-methyl/N-ethyl adjacent to an activating group) is 1. The molecule has 0 unspecified atom stereocenters. The summed E-state index contributed by atoms with van der Waals surface area (Å²) in [4.78, 5) is 25.6. The lowest BCUT2D eigenvalue weighted by molar-refractivity contribution is -0.132. The molecule has 0 aliphatic heterocycles. The standard InChI is InChI=1S/C19H22N2O2/c1-15-8-10-16(11-9-15)12-18(22)20-13-19(23)21(2)14-17-6-4-3-5-7-17/h3-11H,12-14H2,1-2H3,(H,20,22). The Bertz CT molecular complexity index is 651. The molecular formula is C19H22N2O2. The fourth-order valence-corrected chi connectivity index (χ4v) is 2.21. The molecule has 0 saturated carbocycles. The zero-order valence-electron chi connectivity index (χ0n) is 13.6. The van der Waals surface area contributed by atoms with Gasteiger partial charge in [-0.25, -0.2) is 0 Å². The minimum absolute atomic E-state index is 0.0219. The molecule has 0 aromatic heterocycles. The molecule has 1 N–H and O–H groups in total. The molecule has 2 aromatic rings. The van der Waals surface area contributed by atoms with Gasteiger partial charge in [-0.2, -0.15) is 0 Å². The molecule has 23 heavy (non-hydrogen) atoms. The van der Waals surface area contributed by atoms with E-state index in [2.05, 4.69) is 5.32 Å². The van der Waals surface area contributed by atoms with Crippen molar-refractivity contribution in [1.29, 1.82) is 0 Å². The van der Waals surface area contributed by atoms with Gasteiger partial charge in [0.1, 0.15) is 0 Å². The minimum Gasteiger partial charge on any atom is -0.347 e. The molecule has 0 radical (unpaired) electrons. The molecule has 0 atom stereocenters. The van der Waals surface area contributed by atoms with Crippen molar-refractivity contribution in [3.63, 3.8) is 0 Å². The van der Waals surface area contributed by atoms with E-state index in [-0.39, 0.29) is 24.8 Å². The van der Waals surface area contributed by atoms with Crippen molar-refractivity contribution in [2.45, 2.75) is 19.9 Å². The summed E-state index contributed by atoms with van der Waals surface area (Å²) in [5.74, 6) is -0.249. The van der Waals surface area contributed by atoms with Crippen molar-refractivity contribution < 1.29 is 9.59 Å². The minimum atomic E-state index is -0.143. The Kier molecular flexibility index (Phi) is 5.92. The van der Waals surface area contributed by atoms with Crippen LogP contribution in [0.1, 0.15) is 16.7 Å². The predicted molar refractivity (Wildman–Crippen MR) is 90.8 cm³/mol. The summed E-state index contributed by atoms with van der Waals surface area (Å²) in [7, 11) is 1.74. The van der Waals surface area contributed by atoms with Crippen molar-refractivity contribution in [2.75, 3.05) is 13.6 Å². The van der Waals surface area contributed by atoms with Crippen LogP contribution in [0.3, 0.4) is 0 Å². The second kappa shape index (κ2) is 8.13.